The zero-order valence-corrected chi connectivity index (χ0v) is 18.6. The van der Waals surface area contributed by atoms with Gasteiger partial charge in [-0.3, -0.25) is 19.4 Å². The van der Waals surface area contributed by atoms with Gasteiger partial charge in [0.25, 0.3) is 5.91 Å². The number of methoxy groups -OCH3 is 2. The van der Waals surface area contributed by atoms with E-state index in [4.69, 9.17) is 25.4 Å². The molecule has 11 heteroatoms. The summed E-state index contributed by atoms with van der Waals surface area (Å²) in [6.07, 6.45) is 0. The van der Waals surface area contributed by atoms with Gasteiger partial charge in [0.05, 0.1) is 37.3 Å². The van der Waals surface area contributed by atoms with E-state index in [-0.39, 0.29) is 82.3 Å². The van der Waals surface area contributed by atoms with Gasteiger partial charge >= 0.3 is 0 Å². The number of carbonyl (C=O) groups is 3. The number of aliphatic imine (C=N–C) groups is 1. The number of guanidine groups is 1. The van der Waals surface area contributed by atoms with Gasteiger partial charge in [-0.05, 0) is 0 Å². The first kappa shape index (κ1) is 23.6. The Morgan fingerprint density at radius 1 is 1.03 bits per heavy atom. The number of hydrogen-bond acceptors (Lipinski definition) is 7. The monoisotopic (exact) mass is 472 g/mol. The second kappa shape index (κ2) is 9.21. The number of nitrogens with two attached hydrogens (primary N) is 2. The molecule has 0 unspecified atom stereocenters. The van der Waals surface area contributed by atoms with E-state index in [1.165, 1.54) is 20.3 Å². The summed E-state index contributed by atoms with van der Waals surface area (Å²) in [6, 6.07) is 7.95. The quantitative estimate of drug-likeness (QED) is 0.217. The molecule has 0 atom stereocenters. The van der Waals surface area contributed by atoms with Gasteiger partial charge in [0.2, 0.25) is 0 Å². The van der Waals surface area contributed by atoms with Crippen LogP contribution in [-0.2, 0) is 0 Å². The molecule has 1 aromatic heterocycles. The maximum atomic E-state index is 13.3. The summed E-state index contributed by atoms with van der Waals surface area (Å²) in [7, 11) is 2.74. The van der Waals surface area contributed by atoms with Gasteiger partial charge in [-0.15, -0.1) is 12.4 Å². The summed E-state index contributed by atoms with van der Waals surface area (Å²) in [4.78, 5) is 42.9. The van der Waals surface area contributed by atoms with E-state index in [2.05, 4.69) is 10.3 Å². The zero-order chi connectivity index (χ0) is 23.0. The number of fused-ring (bicyclic) bond motifs is 3. The molecule has 2 aromatic carbocycles. The van der Waals surface area contributed by atoms with Crippen molar-refractivity contribution >= 4 is 46.8 Å². The minimum atomic E-state index is -0.532. The van der Waals surface area contributed by atoms with Crippen LogP contribution in [0, 0.1) is 0 Å². The van der Waals surface area contributed by atoms with Crippen molar-refractivity contribution in [1.29, 1.82) is 0 Å². The fraction of sp³-hybridized carbons (Fsp3) is 0.182. The Labute approximate surface area is 194 Å². The molecule has 1 amide bonds. The SMILES string of the molecule is COc1c2c(c(OC)c3oc(C(=O)NCCN=C(N)N)cc13)C(=O)c1ccccc1C2=O.Cl. The molecular weight excluding hydrogens is 452 g/mol. The van der Waals surface area contributed by atoms with Gasteiger partial charge in [0, 0.05) is 23.7 Å². The van der Waals surface area contributed by atoms with Crippen LogP contribution in [0.25, 0.3) is 11.0 Å². The normalized spacial score (nSPS) is 11.8. The molecule has 0 saturated carbocycles. The van der Waals surface area contributed by atoms with Crippen LogP contribution in [0.5, 0.6) is 11.5 Å². The maximum Gasteiger partial charge on any atom is 0.287 e. The summed E-state index contributed by atoms with van der Waals surface area (Å²) < 4.78 is 16.7. The van der Waals surface area contributed by atoms with E-state index >= 15 is 0 Å². The smallest absolute Gasteiger partial charge is 0.287 e. The van der Waals surface area contributed by atoms with Crippen molar-refractivity contribution in [2.45, 2.75) is 0 Å². The minimum absolute atomic E-state index is 0. The highest BCUT2D eigenvalue weighted by Crippen LogP contribution is 2.46. The number of furan rings is 1. The first-order valence-corrected chi connectivity index (χ1v) is 9.62. The molecular formula is C22H21ClN4O6. The molecule has 33 heavy (non-hydrogen) atoms. The first-order chi connectivity index (χ1) is 15.4. The van der Waals surface area contributed by atoms with Crippen LogP contribution >= 0.6 is 12.4 Å². The third-order valence-electron chi connectivity index (χ3n) is 5.08. The zero-order valence-electron chi connectivity index (χ0n) is 17.8. The molecule has 10 nitrogen and oxygen atoms in total. The van der Waals surface area contributed by atoms with Crippen LogP contribution in [0.3, 0.4) is 0 Å². The summed E-state index contributed by atoms with van der Waals surface area (Å²) in [5.74, 6) is -1.26. The molecule has 0 saturated heterocycles. The van der Waals surface area contributed by atoms with Crippen LogP contribution in [-0.4, -0.2) is 50.7 Å². The molecule has 0 bridgehead atoms. The van der Waals surface area contributed by atoms with Gasteiger partial charge in [-0.25, -0.2) is 0 Å². The second-order valence-electron chi connectivity index (χ2n) is 6.94. The van der Waals surface area contributed by atoms with Crippen molar-refractivity contribution in [3.63, 3.8) is 0 Å². The molecule has 1 aliphatic carbocycles. The van der Waals surface area contributed by atoms with Crippen molar-refractivity contribution in [2.75, 3.05) is 27.3 Å². The van der Waals surface area contributed by atoms with E-state index < -0.39 is 11.7 Å². The molecule has 172 valence electrons. The molecule has 1 aliphatic rings. The maximum absolute atomic E-state index is 13.3. The van der Waals surface area contributed by atoms with E-state index in [1.807, 2.05) is 0 Å². The summed E-state index contributed by atoms with van der Waals surface area (Å²) in [6.45, 7) is 0.362. The predicted octanol–water partition coefficient (Wildman–Crippen LogP) is 1.65. The Morgan fingerprint density at radius 2 is 1.61 bits per heavy atom. The Bertz CT molecular complexity index is 1230. The summed E-state index contributed by atoms with van der Waals surface area (Å²) in [5.41, 5.74) is 11.3. The van der Waals surface area contributed by atoms with Crippen LogP contribution in [0.1, 0.15) is 42.4 Å². The Balaban J connectivity index is 0.00000306. The third-order valence-corrected chi connectivity index (χ3v) is 5.08. The average Bonchev–Trinajstić information content (AvgIpc) is 3.23. The van der Waals surface area contributed by atoms with Gasteiger partial charge in [-0.1, -0.05) is 24.3 Å². The summed E-state index contributed by atoms with van der Waals surface area (Å²) in [5, 5.41) is 2.96. The predicted molar refractivity (Wildman–Crippen MR) is 123 cm³/mol. The molecule has 4 rings (SSSR count). The number of nitrogens with one attached hydrogen (secondary N) is 1. The summed E-state index contributed by atoms with van der Waals surface area (Å²) >= 11 is 0. The second-order valence-corrected chi connectivity index (χ2v) is 6.94. The average molecular weight is 473 g/mol. The van der Waals surface area contributed by atoms with E-state index in [1.54, 1.807) is 24.3 Å². The number of ether oxygens (including phenoxy) is 2. The fourth-order valence-electron chi connectivity index (χ4n) is 3.75. The van der Waals surface area contributed by atoms with E-state index in [9.17, 15) is 14.4 Å². The molecule has 5 N–H and O–H groups in total. The molecule has 0 spiro atoms. The van der Waals surface area contributed by atoms with Crippen LogP contribution in [0.15, 0.2) is 39.7 Å². The lowest BCUT2D eigenvalue weighted by atomic mass is 9.82. The Morgan fingerprint density at radius 3 is 2.15 bits per heavy atom. The number of nitrogens with zero attached hydrogens (tertiary/aromatic N) is 1. The first-order valence-electron chi connectivity index (χ1n) is 9.62. The Kier molecular flexibility index (Phi) is 6.59. The van der Waals surface area contributed by atoms with Gasteiger partial charge in [-0.2, -0.15) is 0 Å². The lowest BCUT2D eigenvalue weighted by molar-refractivity contribution is 0.0928. The third kappa shape index (κ3) is 3.85. The standard InChI is InChI=1S/C22H20N4O6.ClH/c1-30-18-12-9-13(21(29)25-7-8-26-22(23)24)32-19(12)20(31-2)15-14(18)16(27)10-5-3-4-6-11(10)17(15)28;/h3-6,9H,7-8H2,1-2H3,(H,25,29)(H4,23,24,26);1H. The number of amides is 1. The van der Waals surface area contributed by atoms with Crippen molar-refractivity contribution in [1.82, 2.24) is 5.32 Å². The van der Waals surface area contributed by atoms with Crippen molar-refractivity contribution in [2.24, 2.45) is 16.5 Å². The van der Waals surface area contributed by atoms with Crippen LogP contribution in [0.2, 0.25) is 0 Å². The van der Waals surface area contributed by atoms with Gasteiger partial charge in [0.15, 0.2) is 34.6 Å². The lowest BCUT2D eigenvalue weighted by Gasteiger charge is -2.22. The van der Waals surface area contributed by atoms with Crippen molar-refractivity contribution in [3.8, 4) is 11.5 Å². The van der Waals surface area contributed by atoms with E-state index in [0.29, 0.717) is 5.39 Å². The molecule has 0 radical (unpaired) electrons. The van der Waals surface area contributed by atoms with Gasteiger partial charge < -0.3 is 30.7 Å². The minimum Gasteiger partial charge on any atom is -0.495 e. The van der Waals surface area contributed by atoms with Crippen molar-refractivity contribution in [3.05, 3.63) is 58.3 Å². The highest BCUT2D eigenvalue weighted by molar-refractivity contribution is 6.32. The van der Waals surface area contributed by atoms with Crippen molar-refractivity contribution < 1.29 is 28.3 Å². The number of hydrogen-bond donors (Lipinski definition) is 3. The van der Waals surface area contributed by atoms with E-state index in [0.717, 1.165) is 0 Å². The number of halogens is 1. The molecule has 3 aromatic rings. The largest absolute Gasteiger partial charge is 0.495 e. The topological polar surface area (TPSA) is 159 Å². The Hall–Kier alpha value is -4.05. The number of carbonyl (C=O) groups excluding carboxylic acids is 3. The molecule has 0 fully saturated rings. The van der Waals surface area contributed by atoms with Gasteiger partial charge in [0.1, 0.15) is 5.75 Å². The fourth-order valence-corrected chi connectivity index (χ4v) is 3.75. The molecule has 1 heterocycles. The highest BCUT2D eigenvalue weighted by Gasteiger charge is 2.38. The molecule has 0 aliphatic heterocycles. The lowest BCUT2D eigenvalue weighted by Crippen LogP contribution is -2.28. The number of ketones is 2. The number of rotatable bonds is 6. The number of benzene rings is 2. The van der Waals surface area contributed by atoms with Crippen LogP contribution < -0.4 is 26.3 Å². The highest BCUT2D eigenvalue weighted by atomic mass is 35.5. The van der Waals surface area contributed by atoms with Crippen LogP contribution in [0.4, 0.5) is 0 Å².